The van der Waals surface area contributed by atoms with Gasteiger partial charge in [-0.3, -0.25) is 9.59 Å². The van der Waals surface area contributed by atoms with Gasteiger partial charge in [-0.25, -0.2) is 5.43 Å². The van der Waals surface area contributed by atoms with Crippen molar-refractivity contribution in [1.29, 1.82) is 0 Å². The monoisotopic (exact) mass is 371 g/mol. The molecule has 0 saturated carbocycles. The molecule has 2 aromatic heterocycles. The first-order valence-corrected chi connectivity index (χ1v) is 8.71. The highest BCUT2D eigenvalue weighted by Gasteiger charge is 2.17. The molecule has 0 fully saturated rings. The van der Waals surface area contributed by atoms with Gasteiger partial charge in [0.1, 0.15) is 0 Å². The Kier molecular flexibility index (Phi) is 4.55. The topological polar surface area (TPSA) is 92.1 Å². The Hall–Kier alpha value is -4.00. The summed E-state index contributed by atoms with van der Waals surface area (Å²) >= 11 is 0. The predicted molar refractivity (Wildman–Crippen MR) is 108 cm³/mol. The lowest BCUT2D eigenvalue weighted by Gasteiger charge is -2.10. The number of carbonyl (C=O) groups excluding carboxylic acids is 1. The second-order valence-corrected chi connectivity index (χ2v) is 6.17. The average molecular weight is 371 g/mol. The number of hydrogen-bond donors (Lipinski definition) is 2. The van der Waals surface area contributed by atoms with Gasteiger partial charge < -0.3 is 4.98 Å². The maximum Gasteiger partial charge on any atom is 0.292 e. The van der Waals surface area contributed by atoms with E-state index >= 15 is 0 Å². The summed E-state index contributed by atoms with van der Waals surface area (Å²) < 4.78 is 1.23. The normalized spacial score (nSPS) is 11.5. The molecule has 4 rings (SSSR count). The largest absolute Gasteiger partial charge is 0.360 e. The van der Waals surface area contributed by atoms with Crippen LogP contribution in [-0.2, 0) is 0 Å². The number of para-hydroxylation sites is 1. The number of amides is 1. The number of benzene rings is 2. The van der Waals surface area contributed by atoms with Crippen LogP contribution in [0.1, 0.15) is 23.1 Å². The summed E-state index contributed by atoms with van der Waals surface area (Å²) in [5.74, 6) is -0.494. The zero-order chi connectivity index (χ0) is 19.5. The van der Waals surface area contributed by atoms with Gasteiger partial charge in [-0.15, -0.1) is 0 Å². The molecule has 1 amide bonds. The summed E-state index contributed by atoms with van der Waals surface area (Å²) in [6, 6.07) is 19.6. The number of hydrazone groups is 1. The van der Waals surface area contributed by atoms with Crippen LogP contribution in [-0.4, -0.2) is 26.4 Å². The summed E-state index contributed by atoms with van der Waals surface area (Å²) in [5.41, 5.74) is 4.37. The maximum atomic E-state index is 12.9. The van der Waals surface area contributed by atoms with E-state index in [-0.39, 0.29) is 11.3 Å². The van der Waals surface area contributed by atoms with E-state index in [0.717, 1.165) is 5.69 Å². The van der Waals surface area contributed by atoms with Gasteiger partial charge >= 0.3 is 0 Å². The summed E-state index contributed by atoms with van der Waals surface area (Å²) in [4.78, 5) is 28.7. The molecule has 2 aromatic carbocycles. The Morgan fingerprint density at radius 2 is 1.71 bits per heavy atom. The van der Waals surface area contributed by atoms with Crippen molar-refractivity contribution in [2.75, 3.05) is 0 Å². The second-order valence-electron chi connectivity index (χ2n) is 6.17. The van der Waals surface area contributed by atoms with Crippen LogP contribution in [0.4, 0.5) is 0 Å². The van der Waals surface area contributed by atoms with Gasteiger partial charge in [0.25, 0.3) is 11.5 Å². The van der Waals surface area contributed by atoms with Crippen LogP contribution in [0.15, 0.2) is 82.8 Å². The highest BCUT2D eigenvalue weighted by Crippen LogP contribution is 2.15. The van der Waals surface area contributed by atoms with Crippen molar-refractivity contribution in [3.63, 3.8) is 0 Å². The standard InChI is InChI=1S/C21H17N5O2/c1-14(18-12-7-13-22-18)23-24-20(27)19-16-10-5-6-11-17(16)21(28)26(25-19)15-8-3-2-4-9-15/h2-13,22H,1H3,(H,24,27)/b23-14+. The molecule has 0 aliphatic heterocycles. The predicted octanol–water partition coefficient (Wildman–Crippen LogP) is 2.87. The smallest absolute Gasteiger partial charge is 0.292 e. The summed E-state index contributed by atoms with van der Waals surface area (Å²) in [6.07, 6.45) is 1.78. The molecule has 0 spiro atoms. The summed E-state index contributed by atoms with van der Waals surface area (Å²) in [7, 11) is 0. The third-order valence-electron chi connectivity index (χ3n) is 4.33. The zero-order valence-corrected chi connectivity index (χ0v) is 15.1. The van der Waals surface area contributed by atoms with Crippen LogP contribution in [0.2, 0.25) is 0 Å². The maximum absolute atomic E-state index is 12.9. The third-order valence-corrected chi connectivity index (χ3v) is 4.33. The fraction of sp³-hybridized carbons (Fsp3) is 0.0476. The van der Waals surface area contributed by atoms with Gasteiger partial charge in [-0.05, 0) is 37.3 Å². The average Bonchev–Trinajstić information content (AvgIpc) is 3.28. The SMILES string of the molecule is C/C(=N\NC(=O)c1nn(-c2ccccc2)c(=O)c2ccccc12)c1ccc[nH]1. The van der Waals surface area contributed by atoms with Gasteiger partial charge in [0, 0.05) is 11.6 Å². The zero-order valence-electron chi connectivity index (χ0n) is 15.1. The van der Waals surface area contributed by atoms with E-state index in [4.69, 9.17) is 0 Å². The number of aromatic nitrogens is 3. The molecule has 0 aliphatic carbocycles. The Morgan fingerprint density at radius 1 is 1.00 bits per heavy atom. The highest BCUT2D eigenvalue weighted by molar-refractivity contribution is 6.05. The van der Waals surface area contributed by atoms with E-state index in [9.17, 15) is 9.59 Å². The minimum absolute atomic E-state index is 0.127. The Labute approximate surface area is 160 Å². The molecular formula is C21H17N5O2. The molecule has 7 heteroatoms. The molecule has 7 nitrogen and oxygen atoms in total. The van der Waals surface area contributed by atoms with Gasteiger partial charge in [-0.1, -0.05) is 36.4 Å². The minimum atomic E-state index is -0.494. The van der Waals surface area contributed by atoms with Crippen LogP contribution in [0, 0.1) is 0 Å². The molecule has 0 atom stereocenters. The molecular weight excluding hydrogens is 354 g/mol. The van der Waals surface area contributed by atoms with Gasteiger partial charge in [0.2, 0.25) is 0 Å². The molecule has 2 heterocycles. The van der Waals surface area contributed by atoms with E-state index in [1.54, 1.807) is 49.5 Å². The first-order chi connectivity index (χ1) is 13.6. The summed E-state index contributed by atoms with van der Waals surface area (Å²) in [5, 5.41) is 9.35. The van der Waals surface area contributed by atoms with Gasteiger partial charge in [0.15, 0.2) is 5.69 Å². The molecule has 0 bridgehead atoms. The van der Waals surface area contributed by atoms with E-state index in [2.05, 4.69) is 20.6 Å². The molecule has 0 unspecified atom stereocenters. The Morgan fingerprint density at radius 3 is 2.43 bits per heavy atom. The quantitative estimate of drug-likeness (QED) is 0.427. The first kappa shape index (κ1) is 17.4. The summed E-state index contributed by atoms with van der Waals surface area (Å²) in [6.45, 7) is 1.78. The van der Waals surface area contributed by atoms with Crippen LogP contribution < -0.4 is 11.0 Å². The third kappa shape index (κ3) is 3.21. The van der Waals surface area contributed by atoms with Crippen molar-refractivity contribution in [1.82, 2.24) is 20.2 Å². The fourth-order valence-electron chi connectivity index (χ4n) is 2.90. The lowest BCUT2D eigenvalue weighted by molar-refractivity contribution is 0.0950. The second kappa shape index (κ2) is 7.32. The number of hydrogen-bond acceptors (Lipinski definition) is 4. The Balaban J connectivity index is 1.80. The van der Waals surface area contributed by atoms with Gasteiger partial charge in [-0.2, -0.15) is 14.9 Å². The molecule has 4 aromatic rings. The number of carbonyl (C=O) groups is 1. The number of rotatable bonds is 4. The molecule has 0 aliphatic rings. The van der Waals surface area contributed by atoms with Crippen LogP contribution in [0.25, 0.3) is 16.5 Å². The van der Waals surface area contributed by atoms with Crippen LogP contribution in [0.3, 0.4) is 0 Å². The van der Waals surface area contributed by atoms with Crippen molar-refractivity contribution in [3.8, 4) is 5.69 Å². The number of nitrogens with one attached hydrogen (secondary N) is 2. The van der Waals surface area contributed by atoms with E-state index in [1.807, 2.05) is 30.3 Å². The van der Waals surface area contributed by atoms with E-state index in [0.29, 0.717) is 22.2 Å². The van der Waals surface area contributed by atoms with Gasteiger partial charge in [0.05, 0.1) is 22.5 Å². The minimum Gasteiger partial charge on any atom is -0.360 e. The van der Waals surface area contributed by atoms with Crippen molar-refractivity contribution >= 4 is 22.4 Å². The fourth-order valence-corrected chi connectivity index (χ4v) is 2.90. The molecule has 0 radical (unpaired) electrons. The molecule has 28 heavy (non-hydrogen) atoms. The van der Waals surface area contributed by atoms with E-state index in [1.165, 1.54) is 4.68 Å². The Bertz CT molecular complexity index is 1220. The molecule has 2 N–H and O–H groups in total. The van der Waals surface area contributed by atoms with Crippen molar-refractivity contribution in [2.45, 2.75) is 6.92 Å². The first-order valence-electron chi connectivity index (χ1n) is 8.71. The number of aromatic amines is 1. The number of H-pyrrole nitrogens is 1. The van der Waals surface area contributed by atoms with E-state index < -0.39 is 5.91 Å². The van der Waals surface area contributed by atoms with Crippen molar-refractivity contribution in [2.24, 2.45) is 5.10 Å². The van der Waals surface area contributed by atoms with Crippen LogP contribution in [0.5, 0.6) is 0 Å². The van der Waals surface area contributed by atoms with Crippen molar-refractivity contribution < 1.29 is 4.79 Å². The highest BCUT2D eigenvalue weighted by atomic mass is 16.2. The lowest BCUT2D eigenvalue weighted by Crippen LogP contribution is -2.28. The molecule has 138 valence electrons. The van der Waals surface area contributed by atoms with Crippen LogP contribution >= 0.6 is 0 Å². The lowest BCUT2D eigenvalue weighted by atomic mass is 10.1. The van der Waals surface area contributed by atoms with Crippen molar-refractivity contribution in [3.05, 3.63) is 94.7 Å². The molecule has 0 saturated heterocycles. The number of nitrogens with zero attached hydrogens (tertiary/aromatic N) is 3. The number of fused-ring (bicyclic) bond motifs is 1.